The number of carbonyl (C=O) groups excluding carboxylic acids is 2. The zero-order valence-electron chi connectivity index (χ0n) is 9.44. The summed E-state index contributed by atoms with van der Waals surface area (Å²) in [6.45, 7) is 4.46. The van der Waals surface area contributed by atoms with Gasteiger partial charge in [0, 0.05) is 11.3 Å². The average Bonchev–Trinajstić information content (AvgIpc) is 2.83. The van der Waals surface area contributed by atoms with Gasteiger partial charge in [-0.25, -0.2) is 0 Å². The van der Waals surface area contributed by atoms with Crippen LogP contribution in [0, 0.1) is 0 Å². The smallest absolute Gasteiger partial charge is 0.255 e. The van der Waals surface area contributed by atoms with E-state index in [0.717, 1.165) is 28.9 Å². The summed E-state index contributed by atoms with van der Waals surface area (Å²) in [5.41, 5.74) is 1.78. The van der Waals surface area contributed by atoms with Gasteiger partial charge in [-0.1, -0.05) is 12.2 Å². The highest BCUT2D eigenvalue weighted by molar-refractivity contribution is 7.10. The highest BCUT2D eigenvalue weighted by Gasteiger charge is 2.38. The number of nitrogens with zero attached hydrogens (tertiary/aromatic N) is 1. The second kappa shape index (κ2) is 3.81. The lowest BCUT2D eigenvalue weighted by Crippen LogP contribution is -2.43. The second-order valence-corrected chi connectivity index (χ2v) is 5.64. The Bertz CT molecular complexity index is 517. The number of allylic oxidation sites excluding steroid dienone is 1. The Kier molecular flexibility index (Phi) is 2.40. The molecule has 2 aliphatic rings. The lowest BCUT2D eigenvalue weighted by molar-refractivity contribution is -0.124. The first-order chi connectivity index (χ1) is 8.16. The molecule has 1 atom stereocenters. The van der Waals surface area contributed by atoms with Crippen LogP contribution in [0.4, 0.5) is 0 Å². The van der Waals surface area contributed by atoms with Crippen molar-refractivity contribution in [3.05, 3.63) is 34.0 Å². The molecule has 1 aromatic heterocycles. The fourth-order valence-corrected chi connectivity index (χ4v) is 3.43. The van der Waals surface area contributed by atoms with E-state index in [4.69, 9.17) is 0 Å². The minimum atomic E-state index is -0.229. The van der Waals surface area contributed by atoms with E-state index in [-0.39, 0.29) is 17.7 Å². The van der Waals surface area contributed by atoms with E-state index in [1.54, 1.807) is 16.2 Å². The Morgan fingerprint density at radius 1 is 1.41 bits per heavy atom. The monoisotopic (exact) mass is 247 g/mol. The van der Waals surface area contributed by atoms with Crippen molar-refractivity contribution in [2.24, 2.45) is 0 Å². The van der Waals surface area contributed by atoms with Gasteiger partial charge in [0.15, 0.2) is 5.78 Å². The molecule has 88 valence electrons. The summed E-state index contributed by atoms with van der Waals surface area (Å²) in [6, 6.07) is 1.63. The minimum absolute atomic E-state index is 0.0205. The third kappa shape index (κ3) is 1.63. The molecule has 3 rings (SSSR count). The summed E-state index contributed by atoms with van der Waals surface area (Å²) in [7, 11) is 0. The van der Waals surface area contributed by atoms with E-state index in [2.05, 4.69) is 6.58 Å². The van der Waals surface area contributed by atoms with Gasteiger partial charge in [-0.2, -0.15) is 0 Å². The molecule has 1 fully saturated rings. The van der Waals surface area contributed by atoms with E-state index in [1.807, 2.05) is 11.4 Å². The van der Waals surface area contributed by atoms with Crippen LogP contribution in [-0.4, -0.2) is 22.6 Å². The van der Waals surface area contributed by atoms with Crippen LogP contribution in [-0.2, 0) is 11.3 Å². The Morgan fingerprint density at radius 2 is 2.24 bits per heavy atom. The molecule has 17 heavy (non-hydrogen) atoms. The first-order valence-corrected chi connectivity index (χ1v) is 6.61. The number of fused-ring (bicyclic) bond motifs is 1. The first kappa shape index (κ1) is 10.7. The summed E-state index contributed by atoms with van der Waals surface area (Å²) in [6.07, 6.45) is 2.02. The van der Waals surface area contributed by atoms with Crippen LogP contribution >= 0.6 is 11.3 Å². The Labute approximate surface area is 104 Å². The average molecular weight is 247 g/mol. The standard InChI is InChI=1S/C13H13NO2S/c1-8-2-3-10(11(15)6-8)14-7-12-9(13(14)16)4-5-17-12/h4-5,10H,1-3,6-7H2. The van der Waals surface area contributed by atoms with Gasteiger partial charge in [-0.15, -0.1) is 11.3 Å². The summed E-state index contributed by atoms with van der Waals surface area (Å²) >= 11 is 1.59. The summed E-state index contributed by atoms with van der Waals surface area (Å²) < 4.78 is 0. The second-order valence-electron chi connectivity index (χ2n) is 4.64. The van der Waals surface area contributed by atoms with Crippen molar-refractivity contribution in [1.29, 1.82) is 0 Å². The lowest BCUT2D eigenvalue weighted by Gasteiger charge is -2.30. The van der Waals surface area contributed by atoms with Gasteiger partial charge < -0.3 is 4.90 Å². The maximum atomic E-state index is 12.1. The minimum Gasteiger partial charge on any atom is -0.323 e. The molecule has 1 saturated carbocycles. The molecule has 1 unspecified atom stereocenters. The third-order valence-electron chi connectivity index (χ3n) is 3.49. The summed E-state index contributed by atoms with van der Waals surface area (Å²) in [5, 5.41) is 1.93. The Hall–Kier alpha value is -1.42. The van der Waals surface area contributed by atoms with Crippen LogP contribution in [0.15, 0.2) is 23.6 Å². The Balaban J connectivity index is 1.83. The number of rotatable bonds is 1. The molecule has 1 aromatic rings. The van der Waals surface area contributed by atoms with Crippen LogP contribution in [0.3, 0.4) is 0 Å². The number of thiophene rings is 1. The van der Waals surface area contributed by atoms with Crippen molar-refractivity contribution in [2.75, 3.05) is 0 Å². The highest BCUT2D eigenvalue weighted by atomic mass is 32.1. The molecule has 3 nitrogen and oxygen atoms in total. The van der Waals surface area contributed by atoms with Crippen LogP contribution in [0.5, 0.6) is 0 Å². The van der Waals surface area contributed by atoms with Gasteiger partial charge in [-0.05, 0) is 24.3 Å². The number of hydrogen-bond donors (Lipinski definition) is 0. The van der Waals surface area contributed by atoms with Gasteiger partial charge in [0.05, 0.1) is 18.2 Å². The number of amides is 1. The molecule has 2 heterocycles. The predicted molar refractivity (Wildman–Crippen MR) is 66.0 cm³/mol. The molecule has 0 aromatic carbocycles. The van der Waals surface area contributed by atoms with Gasteiger partial charge in [0.1, 0.15) is 0 Å². The van der Waals surface area contributed by atoms with Crippen molar-refractivity contribution in [2.45, 2.75) is 31.8 Å². The zero-order valence-corrected chi connectivity index (χ0v) is 10.3. The van der Waals surface area contributed by atoms with Gasteiger partial charge in [0.25, 0.3) is 5.91 Å². The molecule has 0 saturated heterocycles. The molecule has 0 spiro atoms. The normalized spacial score (nSPS) is 24.4. The number of hydrogen-bond acceptors (Lipinski definition) is 3. The molecule has 0 radical (unpaired) electrons. The fourth-order valence-electron chi connectivity index (χ4n) is 2.57. The van der Waals surface area contributed by atoms with E-state index in [0.29, 0.717) is 13.0 Å². The fraction of sp³-hybridized carbons (Fsp3) is 0.385. The molecule has 1 amide bonds. The molecular weight excluding hydrogens is 234 g/mol. The maximum Gasteiger partial charge on any atom is 0.255 e. The summed E-state index contributed by atoms with van der Waals surface area (Å²) in [4.78, 5) is 26.9. The predicted octanol–water partition coefficient (Wildman–Crippen LogP) is 2.38. The van der Waals surface area contributed by atoms with Crippen LogP contribution < -0.4 is 0 Å². The topological polar surface area (TPSA) is 37.4 Å². The molecule has 1 aliphatic carbocycles. The number of Topliss-reactive ketones (excluding diaryl/α,β-unsaturated/α-hetero) is 1. The number of ketones is 1. The van der Waals surface area contributed by atoms with Crippen molar-refractivity contribution < 1.29 is 9.59 Å². The SMILES string of the molecule is C=C1CCC(N2Cc3sccc3C2=O)C(=O)C1. The van der Waals surface area contributed by atoms with Crippen molar-refractivity contribution in [1.82, 2.24) is 4.90 Å². The van der Waals surface area contributed by atoms with E-state index in [1.165, 1.54) is 0 Å². The zero-order chi connectivity index (χ0) is 12.0. The molecule has 1 aliphatic heterocycles. The van der Waals surface area contributed by atoms with Crippen molar-refractivity contribution in [3.63, 3.8) is 0 Å². The number of carbonyl (C=O) groups is 2. The summed E-state index contributed by atoms with van der Waals surface area (Å²) in [5.74, 6) is 0.164. The van der Waals surface area contributed by atoms with Crippen molar-refractivity contribution >= 4 is 23.0 Å². The van der Waals surface area contributed by atoms with Gasteiger partial charge >= 0.3 is 0 Å². The third-order valence-corrected chi connectivity index (χ3v) is 4.40. The van der Waals surface area contributed by atoms with E-state index < -0.39 is 0 Å². The van der Waals surface area contributed by atoms with Crippen LogP contribution in [0.2, 0.25) is 0 Å². The Morgan fingerprint density at radius 3 is 2.94 bits per heavy atom. The largest absolute Gasteiger partial charge is 0.323 e. The van der Waals surface area contributed by atoms with Gasteiger partial charge in [0.2, 0.25) is 0 Å². The van der Waals surface area contributed by atoms with E-state index >= 15 is 0 Å². The molecule has 0 N–H and O–H groups in total. The quantitative estimate of drug-likeness (QED) is 0.714. The maximum absolute atomic E-state index is 12.1. The molecule has 4 heteroatoms. The lowest BCUT2D eigenvalue weighted by atomic mass is 9.90. The molecule has 0 bridgehead atoms. The molecular formula is C13H13NO2S. The first-order valence-electron chi connectivity index (χ1n) is 5.73. The van der Waals surface area contributed by atoms with Gasteiger partial charge in [-0.3, -0.25) is 9.59 Å². The van der Waals surface area contributed by atoms with Crippen LogP contribution in [0.1, 0.15) is 34.5 Å². The van der Waals surface area contributed by atoms with Crippen molar-refractivity contribution in [3.8, 4) is 0 Å². The van der Waals surface area contributed by atoms with E-state index in [9.17, 15) is 9.59 Å². The van der Waals surface area contributed by atoms with Crippen LogP contribution in [0.25, 0.3) is 0 Å². The highest BCUT2D eigenvalue weighted by Crippen LogP contribution is 2.33.